The minimum absolute atomic E-state index is 0.0332. The van der Waals surface area contributed by atoms with Crippen LogP contribution in [0.25, 0.3) is 0 Å². The first-order valence-electron chi connectivity index (χ1n) is 10.2. The molecule has 1 fully saturated rings. The second-order valence-electron chi connectivity index (χ2n) is 7.24. The van der Waals surface area contributed by atoms with Gasteiger partial charge in [-0.2, -0.15) is 0 Å². The number of sulfone groups is 1. The van der Waals surface area contributed by atoms with Gasteiger partial charge in [0.15, 0.2) is 27.9 Å². The Morgan fingerprint density at radius 3 is 2.48 bits per heavy atom. The Bertz CT molecular complexity index is 1130. The van der Waals surface area contributed by atoms with Gasteiger partial charge in [0.1, 0.15) is 0 Å². The second-order valence-corrected chi connectivity index (χ2v) is 9.67. The van der Waals surface area contributed by atoms with Crippen LogP contribution < -0.4 is 14.8 Å². The predicted octanol–water partition coefficient (Wildman–Crippen LogP) is 2.63. The molecule has 0 aromatic heterocycles. The van der Waals surface area contributed by atoms with Crippen LogP contribution in [0.3, 0.4) is 0 Å². The van der Waals surface area contributed by atoms with Crippen LogP contribution in [0.4, 0.5) is 5.69 Å². The fraction of sp³-hybridized carbons (Fsp3) is 0.364. The molecule has 0 saturated carbocycles. The molecule has 3 rings (SSSR count). The molecular formula is C22H25ClN2O7S. The monoisotopic (exact) mass is 496 g/mol. The molecule has 33 heavy (non-hydrogen) atoms. The summed E-state index contributed by atoms with van der Waals surface area (Å²) in [5.41, 5.74) is 0.408. The summed E-state index contributed by atoms with van der Waals surface area (Å²) in [6.45, 7) is 3.96. The lowest BCUT2D eigenvalue weighted by Crippen LogP contribution is -2.43. The average Bonchev–Trinajstić information content (AvgIpc) is 2.79. The summed E-state index contributed by atoms with van der Waals surface area (Å²) in [5.74, 6) is -0.0505. The van der Waals surface area contributed by atoms with E-state index in [0.29, 0.717) is 44.4 Å². The lowest BCUT2D eigenvalue weighted by atomic mass is 10.1. The molecule has 1 aliphatic heterocycles. The Labute approximate surface area is 197 Å². The SMILES string of the molecule is CCOc1cc(C(=O)Nc2cc(S(C)(=O)=O)ccc2Cl)ccc1OCC(=O)N1CCOCC1. The Kier molecular flexibility index (Phi) is 8.17. The van der Waals surface area contributed by atoms with Crippen molar-refractivity contribution < 1.29 is 32.2 Å². The average molecular weight is 497 g/mol. The second kappa shape index (κ2) is 10.9. The van der Waals surface area contributed by atoms with Crippen LogP contribution in [0, 0.1) is 0 Å². The van der Waals surface area contributed by atoms with E-state index in [1.54, 1.807) is 17.9 Å². The molecule has 0 radical (unpaired) electrons. The van der Waals surface area contributed by atoms with Gasteiger partial charge in [-0.1, -0.05) is 11.6 Å². The zero-order valence-corrected chi connectivity index (χ0v) is 19.9. The summed E-state index contributed by atoms with van der Waals surface area (Å²) >= 11 is 6.12. The van der Waals surface area contributed by atoms with Crippen molar-refractivity contribution in [2.24, 2.45) is 0 Å². The molecule has 2 aromatic carbocycles. The number of anilines is 1. The standard InChI is InChI=1S/C22H25ClN2O7S/c1-3-31-20-12-15(4-7-19(20)32-14-21(26)25-8-10-30-11-9-25)22(27)24-18-13-16(33(2,28)29)5-6-17(18)23/h4-7,12-13H,3,8-11,14H2,1-2H3,(H,24,27). The predicted molar refractivity (Wildman–Crippen MR) is 123 cm³/mol. The van der Waals surface area contributed by atoms with Gasteiger partial charge in [0.05, 0.1) is 35.4 Å². The third kappa shape index (κ3) is 6.59. The number of halogens is 1. The van der Waals surface area contributed by atoms with Gasteiger partial charge in [-0.15, -0.1) is 0 Å². The molecule has 1 saturated heterocycles. The van der Waals surface area contributed by atoms with Crippen LogP contribution in [0.2, 0.25) is 5.02 Å². The third-order valence-electron chi connectivity index (χ3n) is 4.83. The summed E-state index contributed by atoms with van der Waals surface area (Å²) in [6.07, 6.45) is 1.07. The van der Waals surface area contributed by atoms with Gasteiger partial charge in [-0.05, 0) is 43.3 Å². The molecule has 2 aromatic rings. The summed E-state index contributed by atoms with van der Waals surface area (Å²) < 4.78 is 40.1. The van der Waals surface area contributed by atoms with Crippen LogP contribution in [0.1, 0.15) is 17.3 Å². The summed E-state index contributed by atoms with van der Waals surface area (Å²) in [6, 6.07) is 8.61. The van der Waals surface area contributed by atoms with Gasteiger partial charge in [-0.25, -0.2) is 8.42 Å². The molecule has 0 unspecified atom stereocenters. The lowest BCUT2D eigenvalue weighted by molar-refractivity contribution is -0.137. The first-order valence-corrected chi connectivity index (χ1v) is 12.5. The zero-order valence-electron chi connectivity index (χ0n) is 18.3. The van der Waals surface area contributed by atoms with E-state index in [1.165, 1.54) is 30.3 Å². The van der Waals surface area contributed by atoms with E-state index in [2.05, 4.69) is 5.32 Å². The normalized spacial score (nSPS) is 14.0. The number of ether oxygens (including phenoxy) is 3. The van der Waals surface area contributed by atoms with Crippen LogP contribution in [0.5, 0.6) is 11.5 Å². The van der Waals surface area contributed by atoms with Crippen molar-refractivity contribution in [3.8, 4) is 11.5 Å². The fourth-order valence-electron chi connectivity index (χ4n) is 3.11. The van der Waals surface area contributed by atoms with E-state index in [0.717, 1.165) is 6.26 Å². The largest absolute Gasteiger partial charge is 0.490 e. The molecule has 0 bridgehead atoms. The molecule has 2 amide bonds. The number of carbonyl (C=O) groups is 2. The maximum absolute atomic E-state index is 12.8. The quantitative estimate of drug-likeness (QED) is 0.598. The maximum atomic E-state index is 12.8. The number of nitrogens with zero attached hydrogens (tertiary/aromatic N) is 1. The minimum Gasteiger partial charge on any atom is -0.490 e. The van der Waals surface area contributed by atoms with Crippen LogP contribution >= 0.6 is 11.6 Å². The number of morpholine rings is 1. The highest BCUT2D eigenvalue weighted by Gasteiger charge is 2.19. The zero-order chi connectivity index (χ0) is 24.0. The molecule has 0 atom stereocenters. The van der Waals surface area contributed by atoms with Crippen LogP contribution in [-0.4, -0.2) is 70.9 Å². The molecule has 1 heterocycles. The van der Waals surface area contributed by atoms with Gasteiger partial charge in [0.25, 0.3) is 11.8 Å². The molecule has 0 spiro atoms. The van der Waals surface area contributed by atoms with E-state index in [4.69, 9.17) is 25.8 Å². The van der Waals surface area contributed by atoms with Gasteiger partial charge < -0.3 is 24.4 Å². The van der Waals surface area contributed by atoms with Crippen molar-refractivity contribution in [2.45, 2.75) is 11.8 Å². The smallest absolute Gasteiger partial charge is 0.260 e. The van der Waals surface area contributed by atoms with E-state index in [1.807, 2.05) is 0 Å². The summed E-state index contributed by atoms with van der Waals surface area (Å²) in [7, 11) is -3.47. The topological polar surface area (TPSA) is 111 Å². The van der Waals surface area contributed by atoms with Gasteiger partial charge in [0.2, 0.25) is 0 Å². The van der Waals surface area contributed by atoms with E-state index < -0.39 is 15.7 Å². The highest BCUT2D eigenvalue weighted by atomic mass is 35.5. The van der Waals surface area contributed by atoms with Crippen molar-refractivity contribution >= 4 is 38.9 Å². The van der Waals surface area contributed by atoms with Crippen LogP contribution in [-0.2, 0) is 19.4 Å². The lowest BCUT2D eigenvalue weighted by Gasteiger charge is -2.26. The molecular weight excluding hydrogens is 472 g/mol. The van der Waals surface area contributed by atoms with Crippen molar-refractivity contribution in [1.82, 2.24) is 4.90 Å². The van der Waals surface area contributed by atoms with E-state index in [-0.39, 0.29) is 33.7 Å². The third-order valence-corrected chi connectivity index (χ3v) is 6.27. The summed E-state index contributed by atoms with van der Waals surface area (Å²) in [4.78, 5) is 26.8. The van der Waals surface area contributed by atoms with Crippen molar-refractivity contribution in [3.05, 3.63) is 47.0 Å². The molecule has 9 nitrogen and oxygen atoms in total. The molecule has 1 aliphatic rings. The number of hydrogen-bond donors (Lipinski definition) is 1. The molecule has 11 heteroatoms. The number of rotatable bonds is 8. The molecule has 0 aliphatic carbocycles. The number of nitrogens with one attached hydrogen (secondary N) is 1. The number of hydrogen-bond acceptors (Lipinski definition) is 7. The Hall–Kier alpha value is -2.82. The first kappa shape index (κ1) is 24.8. The van der Waals surface area contributed by atoms with Gasteiger partial charge in [-0.3, -0.25) is 9.59 Å². The molecule has 178 valence electrons. The minimum atomic E-state index is -3.47. The van der Waals surface area contributed by atoms with Crippen molar-refractivity contribution in [1.29, 1.82) is 0 Å². The summed E-state index contributed by atoms with van der Waals surface area (Å²) in [5, 5.41) is 2.81. The first-order chi connectivity index (χ1) is 15.7. The molecule has 1 N–H and O–H groups in total. The number of benzene rings is 2. The van der Waals surface area contributed by atoms with Crippen LogP contribution in [0.15, 0.2) is 41.3 Å². The fourth-order valence-corrected chi connectivity index (χ4v) is 3.92. The van der Waals surface area contributed by atoms with Gasteiger partial charge >= 0.3 is 0 Å². The van der Waals surface area contributed by atoms with Crippen molar-refractivity contribution in [2.75, 3.05) is 51.1 Å². The number of amides is 2. The highest BCUT2D eigenvalue weighted by molar-refractivity contribution is 7.90. The highest BCUT2D eigenvalue weighted by Crippen LogP contribution is 2.30. The van der Waals surface area contributed by atoms with E-state index in [9.17, 15) is 18.0 Å². The maximum Gasteiger partial charge on any atom is 0.260 e. The number of carbonyl (C=O) groups excluding carboxylic acids is 2. The van der Waals surface area contributed by atoms with Crippen molar-refractivity contribution in [3.63, 3.8) is 0 Å². The van der Waals surface area contributed by atoms with Gasteiger partial charge in [0, 0.05) is 24.9 Å². The Balaban J connectivity index is 1.74. The Morgan fingerprint density at radius 1 is 1.09 bits per heavy atom. The Morgan fingerprint density at radius 2 is 1.82 bits per heavy atom. The van der Waals surface area contributed by atoms with E-state index >= 15 is 0 Å².